The molecule has 1 saturated carbocycles. The van der Waals surface area contributed by atoms with E-state index in [0.717, 1.165) is 37.2 Å². The number of nitrogens with zero attached hydrogens (tertiary/aromatic N) is 1. The Hall–Kier alpha value is -1.56. The highest BCUT2D eigenvalue weighted by Gasteiger charge is 2.35. The molecule has 0 aromatic carbocycles. The molecular formula is C19H28N2O3S. The van der Waals surface area contributed by atoms with Crippen molar-refractivity contribution in [2.75, 3.05) is 19.7 Å². The molecule has 3 rings (SSSR count). The molecule has 25 heavy (non-hydrogen) atoms. The number of rotatable bonds is 6. The number of likely N-dealkylation sites (tertiary alicyclic amines) is 1. The highest BCUT2D eigenvalue weighted by Crippen LogP contribution is 2.37. The summed E-state index contributed by atoms with van der Waals surface area (Å²) in [6.07, 6.45) is 5.26. The summed E-state index contributed by atoms with van der Waals surface area (Å²) in [7, 11) is 0. The Labute approximate surface area is 153 Å². The second-order valence-electron chi connectivity index (χ2n) is 7.19. The molecule has 0 radical (unpaired) electrons. The average molecular weight is 365 g/mol. The quantitative estimate of drug-likeness (QED) is 0.835. The van der Waals surface area contributed by atoms with Crippen molar-refractivity contribution >= 4 is 23.3 Å². The van der Waals surface area contributed by atoms with Crippen molar-refractivity contribution in [1.82, 2.24) is 10.2 Å². The van der Waals surface area contributed by atoms with Crippen molar-refractivity contribution in [2.24, 2.45) is 11.8 Å². The maximum Gasteiger partial charge on any atom is 0.409 e. The van der Waals surface area contributed by atoms with Gasteiger partial charge in [-0.05, 0) is 69.9 Å². The summed E-state index contributed by atoms with van der Waals surface area (Å²) < 4.78 is 5.08. The Morgan fingerprint density at radius 2 is 2.00 bits per heavy atom. The lowest BCUT2D eigenvalue weighted by Gasteiger charge is -2.33. The van der Waals surface area contributed by atoms with Gasteiger partial charge >= 0.3 is 6.09 Å². The molecule has 138 valence electrons. The van der Waals surface area contributed by atoms with E-state index in [0.29, 0.717) is 18.4 Å². The van der Waals surface area contributed by atoms with Gasteiger partial charge in [-0.15, -0.1) is 11.3 Å². The third-order valence-electron chi connectivity index (χ3n) is 5.20. The molecule has 2 amide bonds. The van der Waals surface area contributed by atoms with Crippen LogP contribution in [0, 0.1) is 18.8 Å². The summed E-state index contributed by atoms with van der Waals surface area (Å²) in [6, 6.07) is 4.18. The highest BCUT2D eigenvalue weighted by molar-refractivity contribution is 7.13. The predicted octanol–water partition coefficient (Wildman–Crippen LogP) is 3.82. The van der Waals surface area contributed by atoms with Crippen molar-refractivity contribution in [3.8, 4) is 0 Å². The van der Waals surface area contributed by atoms with E-state index in [-0.39, 0.29) is 18.0 Å². The predicted molar refractivity (Wildman–Crippen MR) is 99.0 cm³/mol. The van der Waals surface area contributed by atoms with Gasteiger partial charge in [0, 0.05) is 24.0 Å². The highest BCUT2D eigenvalue weighted by atomic mass is 32.1. The minimum atomic E-state index is -0.193. The molecule has 6 heteroatoms. The maximum absolute atomic E-state index is 12.5. The summed E-state index contributed by atoms with van der Waals surface area (Å²) in [5.41, 5.74) is 0. The number of carbonyl (C=O) groups is 2. The smallest absolute Gasteiger partial charge is 0.409 e. The zero-order valence-electron chi connectivity index (χ0n) is 15.1. The van der Waals surface area contributed by atoms with Crippen LogP contribution in [0.5, 0.6) is 0 Å². The molecule has 0 spiro atoms. The number of carbonyl (C=O) groups excluding carboxylic acids is 2. The van der Waals surface area contributed by atoms with Gasteiger partial charge in [0.2, 0.25) is 0 Å². The fourth-order valence-corrected chi connectivity index (χ4v) is 4.36. The second kappa shape index (κ2) is 8.21. The Kier molecular flexibility index (Phi) is 5.99. The lowest BCUT2D eigenvalue weighted by atomic mass is 9.88. The molecule has 1 aliphatic heterocycles. The Morgan fingerprint density at radius 1 is 1.28 bits per heavy atom. The van der Waals surface area contributed by atoms with Gasteiger partial charge in [-0.1, -0.05) is 0 Å². The fourth-order valence-electron chi connectivity index (χ4n) is 3.59. The number of hydrogen-bond donors (Lipinski definition) is 1. The van der Waals surface area contributed by atoms with Crippen LogP contribution in [0.4, 0.5) is 4.79 Å². The van der Waals surface area contributed by atoms with E-state index in [1.807, 2.05) is 26.0 Å². The van der Waals surface area contributed by atoms with Crippen LogP contribution in [0.1, 0.15) is 53.6 Å². The molecule has 1 atom stereocenters. The summed E-state index contributed by atoms with van der Waals surface area (Å²) in [4.78, 5) is 28.1. The summed E-state index contributed by atoms with van der Waals surface area (Å²) in [5.74, 6) is 1.27. The molecule has 0 unspecified atom stereocenters. The second-order valence-corrected chi connectivity index (χ2v) is 8.48. The first-order valence-corrected chi connectivity index (χ1v) is 10.2. The number of thiophene rings is 1. The molecule has 1 aromatic rings. The molecule has 2 aliphatic rings. The minimum Gasteiger partial charge on any atom is -0.450 e. The Bertz CT molecular complexity index is 604. The first-order chi connectivity index (χ1) is 12.1. The van der Waals surface area contributed by atoms with Gasteiger partial charge in [0.1, 0.15) is 0 Å². The molecule has 1 aromatic heterocycles. The van der Waals surface area contributed by atoms with Crippen LogP contribution in [0.15, 0.2) is 12.1 Å². The molecule has 5 nitrogen and oxygen atoms in total. The summed E-state index contributed by atoms with van der Waals surface area (Å²) >= 11 is 1.55. The van der Waals surface area contributed by atoms with Crippen molar-refractivity contribution in [3.05, 3.63) is 21.9 Å². The van der Waals surface area contributed by atoms with Crippen LogP contribution in [-0.2, 0) is 4.74 Å². The van der Waals surface area contributed by atoms with Gasteiger partial charge in [0.15, 0.2) is 0 Å². The molecule has 0 bridgehead atoms. The number of hydrogen-bond acceptors (Lipinski definition) is 4. The van der Waals surface area contributed by atoms with Crippen molar-refractivity contribution in [1.29, 1.82) is 0 Å². The Morgan fingerprint density at radius 3 is 2.56 bits per heavy atom. The third-order valence-corrected chi connectivity index (χ3v) is 6.20. The monoisotopic (exact) mass is 364 g/mol. The van der Waals surface area contributed by atoms with Crippen LogP contribution in [0.25, 0.3) is 0 Å². The zero-order chi connectivity index (χ0) is 17.8. The average Bonchev–Trinajstić information content (AvgIpc) is 3.36. The largest absolute Gasteiger partial charge is 0.450 e. The van der Waals surface area contributed by atoms with Crippen LogP contribution in [0.3, 0.4) is 0 Å². The summed E-state index contributed by atoms with van der Waals surface area (Å²) in [5, 5.41) is 3.28. The van der Waals surface area contributed by atoms with Gasteiger partial charge in [-0.2, -0.15) is 0 Å². The molecule has 2 heterocycles. The van der Waals surface area contributed by atoms with Crippen molar-refractivity contribution < 1.29 is 14.3 Å². The Balaban J connectivity index is 1.50. The van der Waals surface area contributed by atoms with E-state index in [1.54, 1.807) is 16.2 Å². The SMILES string of the molecule is CCOC(=O)N1CCC(C[C@H](NC(=O)c2ccc(C)s2)C2CC2)CC1. The van der Waals surface area contributed by atoms with Crippen molar-refractivity contribution in [3.63, 3.8) is 0 Å². The van der Waals surface area contributed by atoms with Gasteiger partial charge in [0.25, 0.3) is 5.91 Å². The molecule has 1 saturated heterocycles. The topological polar surface area (TPSA) is 58.6 Å². The first kappa shape index (κ1) is 18.2. The fraction of sp³-hybridized carbons (Fsp3) is 0.684. The van der Waals surface area contributed by atoms with E-state index in [2.05, 4.69) is 5.32 Å². The van der Waals surface area contributed by atoms with Crippen LogP contribution < -0.4 is 5.32 Å². The van der Waals surface area contributed by atoms with E-state index in [4.69, 9.17) is 4.74 Å². The standard InChI is InChI=1S/C19H28N2O3S/c1-3-24-19(23)21-10-8-14(9-11-21)12-16(15-5-6-15)20-18(22)17-7-4-13(2)25-17/h4,7,14-16H,3,5-6,8-12H2,1-2H3,(H,20,22)/t16-/m0/s1. The first-order valence-electron chi connectivity index (χ1n) is 9.35. The van der Waals surface area contributed by atoms with E-state index in [9.17, 15) is 9.59 Å². The van der Waals surface area contributed by atoms with E-state index in [1.165, 1.54) is 17.7 Å². The van der Waals surface area contributed by atoms with E-state index >= 15 is 0 Å². The number of aryl methyl sites for hydroxylation is 1. The van der Waals surface area contributed by atoms with Crippen LogP contribution in [-0.4, -0.2) is 42.6 Å². The molecule has 1 N–H and O–H groups in total. The summed E-state index contributed by atoms with van der Waals surface area (Å²) in [6.45, 7) is 5.81. The number of ether oxygens (including phenoxy) is 1. The minimum absolute atomic E-state index is 0.0685. The zero-order valence-corrected chi connectivity index (χ0v) is 15.9. The molecule has 2 fully saturated rings. The van der Waals surface area contributed by atoms with Gasteiger partial charge in [0.05, 0.1) is 11.5 Å². The normalized spacial score (nSPS) is 19.5. The lowest BCUT2D eigenvalue weighted by molar-refractivity contribution is 0.0868. The molecular weight excluding hydrogens is 336 g/mol. The number of amides is 2. The number of piperidine rings is 1. The van der Waals surface area contributed by atoms with Crippen LogP contribution in [0.2, 0.25) is 0 Å². The van der Waals surface area contributed by atoms with Crippen molar-refractivity contribution in [2.45, 2.75) is 52.0 Å². The third kappa shape index (κ3) is 4.97. The molecule has 1 aliphatic carbocycles. The van der Waals surface area contributed by atoms with Gasteiger partial charge in [-0.3, -0.25) is 4.79 Å². The van der Waals surface area contributed by atoms with Gasteiger partial charge < -0.3 is 15.0 Å². The maximum atomic E-state index is 12.5. The number of nitrogens with one attached hydrogen (secondary N) is 1. The lowest BCUT2D eigenvalue weighted by Crippen LogP contribution is -2.42. The van der Waals surface area contributed by atoms with E-state index < -0.39 is 0 Å². The van der Waals surface area contributed by atoms with Gasteiger partial charge in [-0.25, -0.2) is 4.79 Å². The van der Waals surface area contributed by atoms with Crippen LogP contribution >= 0.6 is 11.3 Å².